The van der Waals surface area contributed by atoms with E-state index in [0.29, 0.717) is 0 Å². The molecule has 0 aliphatic heterocycles. The third-order valence-electron chi connectivity index (χ3n) is 13.3. The topological polar surface area (TPSA) is 17.8 Å². The highest BCUT2D eigenvalue weighted by atomic mass is 15.0. The number of rotatable bonds is 5. The average Bonchev–Trinajstić information content (AvgIpc) is 3.75. The summed E-state index contributed by atoms with van der Waals surface area (Å²) in [5, 5.41) is 2.58. The van der Waals surface area contributed by atoms with Gasteiger partial charge in [0.05, 0.1) is 22.4 Å². The molecule has 60 heavy (non-hydrogen) atoms. The summed E-state index contributed by atoms with van der Waals surface area (Å²) in [6, 6.07) is 73.7. The average molecular weight is 767 g/mol. The molecular formula is C58H42N2. The standard InChI is InChI=1S/C58H42N2/c1-58(2)52-35-48-46(39-22-16-23-41(29-39)55-32-42(37-17-6-3-7-18-37)31-54(59-55)38-19-8-4-9-20-38)30-40-21-12-13-26-44(40)47(48)33-49(52)50-34-51-45-27-14-15-28-56(45)60(57(51)36-53(50)58)43-24-10-5-11-25-43/h3-29,31-36,46H,30H2,1-2H3. The van der Waals surface area contributed by atoms with E-state index in [9.17, 15) is 0 Å². The summed E-state index contributed by atoms with van der Waals surface area (Å²) in [4.78, 5) is 5.32. The van der Waals surface area contributed by atoms with Crippen LogP contribution in [0.3, 0.4) is 0 Å². The van der Waals surface area contributed by atoms with Crippen molar-refractivity contribution >= 4 is 21.8 Å². The molecule has 1 atom stereocenters. The summed E-state index contributed by atoms with van der Waals surface area (Å²) >= 11 is 0. The fourth-order valence-electron chi connectivity index (χ4n) is 10.4. The third kappa shape index (κ3) is 5.37. The second kappa shape index (κ2) is 13.4. The maximum Gasteiger partial charge on any atom is 0.0715 e. The van der Waals surface area contributed by atoms with E-state index in [1.165, 1.54) is 88.7 Å². The predicted molar refractivity (Wildman–Crippen MR) is 250 cm³/mol. The van der Waals surface area contributed by atoms with E-state index >= 15 is 0 Å². The Kier molecular flexibility index (Phi) is 7.74. The summed E-state index contributed by atoms with van der Waals surface area (Å²) in [6.45, 7) is 4.85. The molecule has 284 valence electrons. The minimum Gasteiger partial charge on any atom is -0.309 e. The van der Waals surface area contributed by atoms with E-state index < -0.39 is 0 Å². The number of fused-ring (bicyclic) bond motifs is 9. The molecule has 8 aromatic carbocycles. The minimum absolute atomic E-state index is 0.190. The van der Waals surface area contributed by atoms with Gasteiger partial charge in [-0.3, -0.25) is 0 Å². The van der Waals surface area contributed by atoms with Crippen molar-refractivity contribution in [3.05, 3.63) is 228 Å². The first-order chi connectivity index (χ1) is 29.5. The number of para-hydroxylation sites is 2. The van der Waals surface area contributed by atoms with Crippen LogP contribution in [-0.2, 0) is 11.8 Å². The van der Waals surface area contributed by atoms with E-state index in [-0.39, 0.29) is 11.3 Å². The molecular weight excluding hydrogens is 725 g/mol. The van der Waals surface area contributed by atoms with Crippen LogP contribution in [0, 0.1) is 0 Å². The van der Waals surface area contributed by atoms with E-state index in [1.807, 2.05) is 0 Å². The van der Waals surface area contributed by atoms with E-state index in [4.69, 9.17) is 4.98 Å². The minimum atomic E-state index is -0.190. The summed E-state index contributed by atoms with van der Waals surface area (Å²) in [5.41, 5.74) is 22.4. The lowest BCUT2D eigenvalue weighted by atomic mass is 9.72. The molecule has 0 N–H and O–H groups in total. The smallest absolute Gasteiger partial charge is 0.0715 e. The Morgan fingerprint density at radius 3 is 1.88 bits per heavy atom. The Labute approximate surface area is 351 Å². The normalized spacial score (nSPS) is 14.7. The molecule has 2 heteroatoms. The SMILES string of the molecule is CC1(C)c2cc3c(cc2-c2cc4c5ccccc5n(-c5ccccc5)c4cc21)-c1ccccc1CC3c1cccc(-c2cc(-c3ccccc3)cc(-c3ccccc3)n2)c1. The first kappa shape index (κ1) is 34.7. The van der Waals surface area contributed by atoms with Gasteiger partial charge in [0.25, 0.3) is 0 Å². The second-order valence-corrected chi connectivity index (χ2v) is 17.1. The van der Waals surface area contributed by atoms with Crippen LogP contribution in [-0.4, -0.2) is 9.55 Å². The predicted octanol–water partition coefficient (Wildman–Crippen LogP) is 14.8. The second-order valence-electron chi connectivity index (χ2n) is 17.1. The number of benzene rings is 8. The monoisotopic (exact) mass is 766 g/mol. The zero-order valence-electron chi connectivity index (χ0n) is 33.7. The van der Waals surface area contributed by atoms with Gasteiger partial charge < -0.3 is 4.57 Å². The van der Waals surface area contributed by atoms with Gasteiger partial charge in [-0.15, -0.1) is 0 Å². The molecule has 2 aliphatic rings. The molecule has 0 fully saturated rings. The zero-order valence-corrected chi connectivity index (χ0v) is 33.7. The lowest BCUT2D eigenvalue weighted by molar-refractivity contribution is 0.657. The lowest BCUT2D eigenvalue weighted by Gasteiger charge is -2.31. The van der Waals surface area contributed by atoms with Crippen molar-refractivity contribution in [2.24, 2.45) is 0 Å². The lowest BCUT2D eigenvalue weighted by Crippen LogP contribution is -2.18. The van der Waals surface area contributed by atoms with Gasteiger partial charge in [0.1, 0.15) is 0 Å². The van der Waals surface area contributed by atoms with Crippen molar-refractivity contribution in [1.82, 2.24) is 9.55 Å². The van der Waals surface area contributed by atoms with Crippen LogP contribution in [0.5, 0.6) is 0 Å². The molecule has 0 amide bonds. The molecule has 12 rings (SSSR count). The third-order valence-corrected chi connectivity index (χ3v) is 13.3. The summed E-state index contributed by atoms with van der Waals surface area (Å²) in [7, 11) is 0. The van der Waals surface area contributed by atoms with Crippen molar-refractivity contribution in [3.8, 4) is 61.6 Å². The number of hydrogen-bond donors (Lipinski definition) is 0. The molecule has 0 radical (unpaired) electrons. The maximum absolute atomic E-state index is 5.32. The van der Waals surface area contributed by atoms with Gasteiger partial charge in [-0.1, -0.05) is 159 Å². The first-order valence-corrected chi connectivity index (χ1v) is 21.1. The summed E-state index contributed by atoms with van der Waals surface area (Å²) < 4.78 is 2.45. The van der Waals surface area contributed by atoms with Gasteiger partial charge in [0, 0.05) is 38.9 Å². The van der Waals surface area contributed by atoms with Crippen LogP contribution in [0.4, 0.5) is 0 Å². The summed E-state index contributed by atoms with van der Waals surface area (Å²) in [6.07, 6.45) is 0.947. The van der Waals surface area contributed by atoms with Gasteiger partial charge in [-0.25, -0.2) is 4.98 Å². The highest BCUT2D eigenvalue weighted by Gasteiger charge is 2.39. The van der Waals surface area contributed by atoms with Crippen LogP contribution in [0.15, 0.2) is 200 Å². The Bertz CT molecular complexity index is 3240. The highest BCUT2D eigenvalue weighted by Crippen LogP contribution is 2.55. The Morgan fingerprint density at radius 1 is 0.450 bits per heavy atom. The Balaban J connectivity index is 1.02. The van der Waals surface area contributed by atoms with E-state index in [1.54, 1.807) is 0 Å². The van der Waals surface area contributed by atoms with Crippen molar-refractivity contribution < 1.29 is 0 Å². The molecule has 2 heterocycles. The Hall–Kier alpha value is -7.29. The number of pyridine rings is 1. The van der Waals surface area contributed by atoms with Gasteiger partial charge in [0.15, 0.2) is 0 Å². The van der Waals surface area contributed by atoms with Crippen molar-refractivity contribution in [1.29, 1.82) is 0 Å². The number of nitrogens with zero attached hydrogens (tertiary/aromatic N) is 2. The number of aromatic nitrogens is 2. The Morgan fingerprint density at radius 2 is 1.08 bits per heavy atom. The van der Waals surface area contributed by atoms with Crippen LogP contribution < -0.4 is 0 Å². The zero-order chi connectivity index (χ0) is 40.0. The quantitative estimate of drug-likeness (QED) is 0.171. The van der Waals surface area contributed by atoms with Gasteiger partial charge in [-0.05, 0) is 122 Å². The molecule has 2 nitrogen and oxygen atoms in total. The van der Waals surface area contributed by atoms with Crippen LogP contribution >= 0.6 is 0 Å². The molecule has 0 spiro atoms. The van der Waals surface area contributed by atoms with Crippen molar-refractivity contribution in [2.75, 3.05) is 0 Å². The molecule has 0 saturated heterocycles. The van der Waals surface area contributed by atoms with Crippen LogP contribution in [0.1, 0.15) is 47.6 Å². The van der Waals surface area contributed by atoms with Gasteiger partial charge in [0.2, 0.25) is 0 Å². The van der Waals surface area contributed by atoms with Crippen molar-refractivity contribution in [3.63, 3.8) is 0 Å². The fourth-order valence-corrected chi connectivity index (χ4v) is 10.4. The molecule has 2 aromatic heterocycles. The van der Waals surface area contributed by atoms with E-state index in [2.05, 4.69) is 219 Å². The summed E-state index contributed by atoms with van der Waals surface area (Å²) in [5.74, 6) is 0.191. The van der Waals surface area contributed by atoms with Gasteiger partial charge >= 0.3 is 0 Å². The first-order valence-electron chi connectivity index (χ1n) is 21.1. The van der Waals surface area contributed by atoms with E-state index in [0.717, 1.165) is 28.9 Å². The van der Waals surface area contributed by atoms with Crippen LogP contribution in [0.2, 0.25) is 0 Å². The van der Waals surface area contributed by atoms with Gasteiger partial charge in [-0.2, -0.15) is 0 Å². The molecule has 10 aromatic rings. The van der Waals surface area contributed by atoms with Crippen molar-refractivity contribution in [2.45, 2.75) is 31.6 Å². The molecule has 1 unspecified atom stereocenters. The largest absolute Gasteiger partial charge is 0.309 e. The maximum atomic E-state index is 5.32. The molecule has 0 saturated carbocycles. The van der Waals surface area contributed by atoms with Crippen LogP contribution in [0.25, 0.3) is 83.4 Å². The fraction of sp³-hybridized carbons (Fsp3) is 0.0862. The number of hydrogen-bond acceptors (Lipinski definition) is 1. The molecule has 0 bridgehead atoms. The highest BCUT2D eigenvalue weighted by molar-refractivity contribution is 6.12. The molecule has 2 aliphatic carbocycles.